The van der Waals surface area contributed by atoms with Gasteiger partial charge in [-0.1, -0.05) is 11.6 Å². The van der Waals surface area contributed by atoms with Gasteiger partial charge in [0.1, 0.15) is 0 Å². The van der Waals surface area contributed by atoms with E-state index in [1.165, 1.54) is 0 Å². The molecule has 0 aliphatic heterocycles. The van der Waals surface area contributed by atoms with Gasteiger partial charge in [-0.25, -0.2) is 4.68 Å². The summed E-state index contributed by atoms with van der Waals surface area (Å²) in [4.78, 5) is 0. The molecule has 7 heteroatoms. The Bertz CT molecular complexity index is 564. The van der Waals surface area contributed by atoms with Crippen molar-refractivity contribution >= 4 is 23.2 Å². The first-order valence-corrected chi connectivity index (χ1v) is 5.79. The zero-order valence-corrected chi connectivity index (χ0v) is 10.4. The van der Waals surface area contributed by atoms with Gasteiger partial charge in [-0.15, -0.1) is 11.6 Å². The van der Waals surface area contributed by atoms with Crippen molar-refractivity contribution in [3.63, 3.8) is 0 Å². The van der Waals surface area contributed by atoms with Crippen LogP contribution >= 0.6 is 23.2 Å². The Morgan fingerprint density at radius 1 is 1.28 bits per heavy atom. The number of benzene rings is 1. The minimum Gasteiger partial charge on any atom is -0.240 e. The molecular formula is C11H7Cl2F3N2. The average Bonchev–Trinajstić information content (AvgIpc) is 2.77. The lowest BCUT2D eigenvalue weighted by Crippen LogP contribution is -2.03. The van der Waals surface area contributed by atoms with Crippen LogP contribution in [-0.4, -0.2) is 9.78 Å². The summed E-state index contributed by atoms with van der Waals surface area (Å²) in [5.41, 5.74) is 0.281. The van der Waals surface area contributed by atoms with E-state index in [4.69, 9.17) is 23.2 Å². The Balaban J connectivity index is 2.46. The topological polar surface area (TPSA) is 17.8 Å². The Labute approximate surface area is 111 Å². The first-order valence-electron chi connectivity index (χ1n) is 4.88. The predicted octanol–water partition coefficient (Wildman–Crippen LogP) is 4.28. The van der Waals surface area contributed by atoms with Crippen LogP contribution in [0.25, 0.3) is 5.69 Å². The normalized spacial score (nSPS) is 11.8. The molecule has 0 radical (unpaired) electrons. The largest absolute Gasteiger partial charge is 0.419 e. The van der Waals surface area contributed by atoms with Gasteiger partial charge >= 0.3 is 6.18 Å². The Morgan fingerprint density at radius 2 is 2.00 bits per heavy atom. The van der Waals surface area contributed by atoms with Crippen LogP contribution < -0.4 is 0 Å². The van der Waals surface area contributed by atoms with E-state index in [2.05, 4.69) is 5.10 Å². The zero-order chi connectivity index (χ0) is 13.3. The van der Waals surface area contributed by atoms with E-state index in [1.54, 1.807) is 18.2 Å². The van der Waals surface area contributed by atoms with E-state index in [-0.39, 0.29) is 5.88 Å². The smallest absolute Gasteiger partial charge is 0.240 e. The molecule has 0 spiro atoms. The lowest BCUT2D eigenvalue weighted by molar-refractivity contribution is -0.137. The van der Waals surface area contributed by atoms with Gasteiger partial charge < -0.3 is 0 Å². The number of aromatic nitrogens is 2. The van der Waals surface area contributed by atoms with Crippen molar-refractivity contribution < 1.29 is 13.2 Å². The third kappa shape index (κ3) is 2.62. The van der Waals surface area contributed by atoms with Gasteiger partial charge in [0, 0.05) is 17.1 Å². The molecule has 96 valence electrons. The minimum atomic E-state index is -4.41. The van der Waals surface area contributed by atoms with Crippen molar-refractivity contribution in [3.8, 4) is 5.69 Å². The van der Waals surface area contributed by atoms with Gasteiger partial charge in [0.25, 0.3) is 0 Å². The summed E-state index contributed by atoms with van der Waals surface area (Å²) < 4.78 is 38.5. The van der Waals surface area contributed by atoms with Crippen molar-refractivity contribution in [2.24, 2.45) is 0 Å². The third-order valence-corrected chi connectivity index (χ3v) is 2.87. The molecule has 0 amide bonds. The number of rotatable bonds is 2. The Morgan fingerprint density at radius 3 is 2.56 bits per heavy atom. The van der Waals surface area contributed by atoms with E-state index in [9.17, 15) is 13.2 Å². The number of hydrogen-bond acceptors (Lipinski definition) is 1. The summed E-state index contributed by atoms with van der Waals surface area (Å²) in [6, 6.07) is 4.74. The van der Waals surface area contributed by atoms with Crippen LogP contribution in [0.15, 0.2) is 30.6 Å². The summed E-state index contributed by atoms with van der Waals surface area (Å²) in [5.74, 6) is 0.136. The van der Waals surface area contributed by atoms with E-state index in [1.807, 2.05) is 0 Å². The molecule has 0 aliphatic rings. The molecule has 0 N–H and O–H groups in total. The van der Waals surface area contributed by atoms with Crippen molar-refractivity contribution in [2.75, 3.05) is 0 Å². The van der Waals surface area contributed by atoms with Crippen LogP contribution in [-0.2, 0) is 12.1 Å². The van der Waals surface area contributed by atoms with Gasteiger partial charge in [0.05, 0.1) is 17.4 Å². The van der Waals surface area contributed by atoms with Crippen molar-refractivity contribution in [3.05, 3.63) is 46.7 Å². The van der Waals surface area contributed by atoms with E-state index >= 15 is 0 Å². The molecule has 1 aromatic heterocycles. The number of nitrogens with zero attached hydrogens (tertiary/aromatic N) is 2. The van der Waals surface area contributed by atoms with Crippen molar-refractivity contribution in [1.82, 2.24) is 9.78 Å². The van der Waals surface area contributed by atoms with Crippen molar-refractivity contribution in [1.29, 1.82) is 0 Å². The standard InChI is InChI=1S/C11H7Cl2F3N2/c12-4-7-3-9(13)1-2-10(7)18-6-8(5-17-18)11(14,15)16/h1-3,5-6H,4H2. The Kier molecular flexibility index (Phi) is 3.54. The fourth-order valence-corrected chi connectivity index (χ4v) is 1.89. The highest BCUT2D eigenvalue weighted by Gasteiger charge is 2.32. The second-order valence-electron chi connectivity index (χ2n) is 3.58. The summed E-state index contributed by atoms with van der Waals surface area (Å²) in [7, 11) is 0. The first kappa shape index (κ1) is 13.2. The summed E-state index contributed by atoms with van der Waals surface area (Å²) >= 11 is 11.5. The van der Waals surface area contributed by atoms with Gasteiger partial charge in [-0.2, -0.15) is 18.3 Å². The maximum absolute atomic E-state index is 12.5. The monoisotopic (exact) mass is 294 g/mol. The van der Waals surface area contributed by atoms with E-state index < -0.39 is 11.7 Å². The fraction of sp³-hybridized carbons (Fsp3) is 0.182. The maximum atomic E-state index is 12.5. The quantitative estimate of drug-likeness (QED) is 0.756. The predicted molar refractivity (Wildman–Crippen MR) is 63.1 cm³/mol. The van der Waals surface area contributed by atoms with E-state index in [0.717, 1.165) is 17.1 Å². The fourth-order valence-electron chi connectivity index (χ4n) is 1.49. The highest BCUT2D eigenvalue weighted by molar-refractivity contribution is 6.30. The van der Waals surface area contributed by atoms with Gasteiger partial charge in [-0.3, -0.25) is 0 Å². The zero-order valence-electron chi connectivity index (χ0n) is 8.88. The number of halogens is 5. The molecule has 0 bridgehead atoms. The average molecular weight is 295 g/mol. The lowest BCUT2D eigenvalue weighted by Gasteiger charge is -2.07. The van der Waals surface area contributed by atoms with Crippen LogP contribution in [0, 0.1) is 0 Å². The second-order valence-corrected chi connectivity index (χ2v) is 4.28. The molecule has 2 nitrogen and oxygen atoms in total. The molecule has 1 aromatic carbocycles. The molecular weight excluding hydrogens is 288 g/mol. The van der Waals surface area contributed by atoms with Gasteiger partial charge in [0.15, 0.2) is 0 Å². The van der Waals surface area contributed by atoms with Gasteiger partial charge in [0.2, 0.25) is 0 Å². The molecule has 0 saturated heterocycles. The van der Waals surface area contributed by atoms with Gasteiger partial charge in [-0.05, 0) is 23.8 Å². The third-order valence-electron chi connectivity index (χ3n) is 2.34. The minimum absolute atomic E-state index is 0.136. The first-order chi connectivity index (χ1) is 8.41. The Hall–Kier alpha value is -1.20. The molecule has 1 heterocycles. The van der Waals surface area contributed by atoms with Crippen LogP contribution in [0.2, 0.25) is 5.02 Å². The summed E-state index contributed by atoms with van der Waals surface area (Å²) in [6.07, 6.45) is -2.72. The lowest BCUT2D eigenvalue weighted by atomic mass is 10.2. The molecule has 2 rings (SSSR count). The number of hydrogen-bond donors (Lipinski definition) is 0. The number of alkyl halides is 4. The summed E-state index contributed by atoms with van der Waals surface area (Å²) in [6.45, 7) is 0. The van der Waals surface area contributed by atoms with Crippen LogP contribution in [0.3, 0.4) is 0 Å². The second kappa shape index (κ2) is 4.82. The molecule has 2 aromatic rings. The van der Waals surface area contributed by atoms with Crippen LogP contribution in [0.5, 0.6) is 0 Å². The molecule has 0 saturated carbocycles. The molecule has 0 atom stereocenters. The SMILES string of the molecule is FC(F)(F)c1cnn(-c2ccc(Cl)cc2CCl)c1. The van der Waals surface area contributed by atoms with E-state index in [0.29, 0.717) is 16.3 Å². The van der Waals surface area contributed by atoms with Crippen molar-refractivity contribution in [2.45, 2.75) is 12.1 Å². The highest BCUT2D eigenvalue weighted by atomic mass is 35.5. The molecule has 18 heavy (non-hydrogen) atoms. The molecule has 0 unspecified atom stereocenters. The highest BCUT2D eigenvalue weighted by Crippen LogP contribution is 2.30. The molecule has 0 aliphatic carbocycles. The van der Waals surface area contributed by atoms with Crippen LogP contribution in [0.1, 0.15) is 11.1 Å². The maximum Gasteiger partial charge on any atom is 0.419 e. The molecule has 0 fully saturated rings. The van der Waals surface area contributed by atoms with Crippen LogP contribution in [0.4, 0.5) is 13.2 Å². The summed E-state index contributed by atoms with van der Waals surface area (Å²) in [5, 5.41) is 4.16.